The SMILES string of the molecule is O=C(N/N=C/c1ccc(OC(=O)c2ccc([N+](=O)[O-])cc2)cc1)C1=NNC(c2ccccc2)(c2ccccc2)C1. The Morgan fingerprint density at radius 1 is 0.900 bits per heavy atom. The van der Waals surface area contributed by atoms with E-state index in [1.807, 2.05) is 60.7 Å². The van der Waals surface area contributed by atoms with Gasteiger partial charge in [-0.05, 0) is 53.1 Å². The number of nitrogens with zero attached hydrogens (tertiary/aromatic N) is 3. The van der Waals surface area contributed by atoms with Crippen LogP contribution in [0.5, 0.6) is 5.75 Å². The molecule has 0 aliphatic carbocycles. The van der Waals surface area contributed by atoms with E-state index < -0.39 is 22.3 Å². The minimum absolute atomic E-state index is 0.116. The Bertz CT molecular complexity index is 1550. The van der Waals surface area contributed by atoms with Crippen molar-refractivity contribution in [2.45, 2.75) is 12.0 Å². The number of non-ortho nitro benzene ring substituents is 1. The monoisotopic (exact) mass is 533 g/mol. The van der Waals surface area contributed by atoms with Crippen LogP contribution in [0.2, 0.25) is 0 Å². The number of hydrogen-bond acceptors (Lipinski definition) is 8. The number of carbonyl (C=O) groups is 2. The minimum atomic E-state index is -0.666. The molecule has 0 unspecified atom stereocenters. The molecule has 1 aliphatic rings. The summed E-state index contributed by atoms with van der Waals surface area (Å²) in [7, 11) is 0. The first kappa shape index (κ1) is 26.0. The fourth-order valence-electron chi connectivity index (χ4n) is 4.31. The van der Waals surface area contributed by atoms with Crippen LogP contribution >= 0.6 is 0 Å². The predicted octanol–water partition coefficient (Wildman–Crippen LogP) is 4.56. The van der Waals surface area contributed by atoms with Crippen LogP contribution in [0.3, 0.4) is 0 Å². The van der Waals surface area contributed by atoms with E-state index in [0.717, 1.165) is 11.1 Å². The topological polar surface area (TPSA) is 135 Å². The van der Waals surface area contributed by atoms with Crippen LogP contribution in [0.25, 0.3) is 0 Å². The predicted molar refractivity (Wildman–Crippen MR) is 149 cm³/mol. The van der Waals surface area contributed by atoms with Crippen molar-refractivity contribution in [3.8, 4) is 5.75 Å². The van der Waals surface area contributed by atoms with Gasteiger partial charge in [-0.25, -0.2) is 10.2 Å². The first-order chi connectivity index (χ1) is 19.4. The minimum Gasteiger partial charge on any atom is -0.423 e. The number of carbonyl (C=O) groups excluding carboxylic acids is 2. The zero-order valence-electron chi connectivity index (χ0n) is 21.1. The van der Waals surface area contributed by atoms with E-state index in [1.54, 1.807) is 24.3 Å². The molecule has 4 aromatic rings. The number of nitro groups is 1. The number of amides is 1. The van der Waals surface area contributed by atoms with Crippen molar-refractivity contribution >= 4 is 29.5 Å². The first-order valence-corrected chi connectivity index (χ1v) is 12.3. The highest BCUT2D eigenvalue weighted by atomic mass is 16.6. The van der Waals surface area contributed by atoms with E-state index in [4.69, 9.17) is 4.74 Å². The zero-order chi connectivity index (χ0) is 28.0. The Balaban J connectivity index is 1.19. The molecule has 0 fully saturated rings. The standard InChI is InChI=1S/C30H23N5O5/c36-28(27-19-30(34-32-27,23-7-3-1-4-8-23)24-9-5-2-6-10-24)33-31-20-21-11-17-26(18-12-21)40-29(37)22-13-15-25(16-14-22)35(38)39/h1-18,20,34H,19H2,(H,33,36)/b31-20+. The van der Waals surface area contributed by atoms with E-state index in [0.29, 0.717) is 17.7 Å². The summed E-state index contributed by atoms with van der Waals surface area (Å²) in [5, 5.41) is 19.2. The lowest BCUT2D eigenvalue weighted by Gasteiger charge is -2.30. The van der Waals surface area contributed by atoms with Crippen LogP contribution in [0, 0.1) is 10.1 Å². The molecule has 1 aliphatic heterocycles. The van der Waals surface area contributed by atoms with E-state index >= 15 is 0 Å². The van der Waals surface area contributed by atoms with Crippen molar-refractivity contribution in [2.75, 3.05) is 0 Å². The third-order valence-electron chi connectivity index (χ3n) is 6.39. The van der Waals surface area contributed by atoms with E-state index in [9.17, 15) is 19.7 Å². The largest absolute Gasteiger partial charge is 0.423 e. The molecule has 5 rings (SSSR count). The van der Waals surface area contributed by atoms with Crippen molar-refractivity contribution in [3.05, 3.63) is 142 Å². The van der Waals surface area contributed by atoms with Gasteiger partial charge in [0.25, 0.3) is 11.6 Å². The molecule has 10 heteroatoms. The molecular formula is C30H23N5O5. The van der Waals surface area contributed by atoms with Gasteiger partial charge in [0.15, 0.2) is 0 Å². The van der Waals surface area contributed by atoms with Gasteiger partial charge in [-0.2, -0.15) is 10.2 Å². The van der Waals surface area contributed by atoms with E-state index in [1.165, 1.54) is 30.5 Å². The molecule has 198 valence electrons. The second-order valence-electron chi connectivity index (χ2n) is 8.95. The Morgan fingerprint density at radius 3 is 2.08 bits per heavy atom. The number of ether oxygens (including phenoxy) is 1. The summed E-state index contributed by atoms with van der Waals surface area (Å²) >= 11 is 0. The highest BCUT2D eigenvalue weighted by Gasteiger charge is 2.41. The van der Waals surface area contributed by atoms with Gasteiger partial charge in [0.2, 0.25) is 0 Å². The zero-order valence-corrected chi connectivity index (χ0v) is 21.1. The summed E-state index contributed by atoms with van der Waals surface area (Å²) in [5.74, 6) is -0.781. The maximum atomic E-state index is 12.9. The maximum Gasteiger partial charge on any atom is 0.343 e. The highest BCUT2D eigenvalue weighted by molar-refractivity contribution is 6.39. The molecule has 1 amide bonds. The summed E-state index contributed by atoms with van der Waals surface area (Å²) in [6, 6.07) is 31.3. The number of esters is 1. The van der Waals surface area contributed by atoms with Gasteiger partial charge in [-0.3, -0.25) is 20.3 Å². The Kier molecular flexibility index (Phi) is 7.41. The lowest BCUT2D eigenvalue weighted by atomic mass is 9.80. The van der Waals surface area contributed by atoms with Crippen LogP contribution in [0.4, 0.5) is 5.69 Å². The van der Waals surface area contributed by atoms with Crippen LogP contribution in [-0.2, 0) is 10.3 Å². The van der Waals surface area contributed by atoms with E-state index in [-0.39, 0.29) is 17.0 Å². The molecule has 4 aromatic carbocycles. The third-order valence-corrected chi connectivity index (χ3v) is 6.39. The Labute approximate surface area is 229 Å². The Morgan fingerprint density at radius 2 is 1.50 bits per heavy atom. The molecule has 0 saturated heterocycles. The van der Waals surface area contributed by atoms with Gasteiger partial charge in [0.1, 0.15) is 17.0 Å². The molecule has 1 heterocycles. The lowest BCUT2D eigenvalue weighted by molar-refractivity contribution is -0.384. The number of rotatable bonds is 8. The van der Waals surface area contributed by atoms with Crippen molar-refractivity contribution in [1.29, 1.82) is 0 Å². The third kappa shape index (κ3) is 5.60. The number of nitrogens with one attached hydrogen (secondary N) is 2. The molecule has 0 aromatic heterocycles. The average Bonchev–Trinajstić information content (AvgIpc) is 3.46. The lowest BCUT2D eigenvalue weighted by Crippen LogP contribution is -2.38. The van der Waals surface area contributed by atoms with Gasteiger partial charge in [-0.1, -0.05) is 60.7 Å². The highest BCUT2D eigenvalue weighted by Crippen LogP contribution is 2.36. The second kappa shape index (κ2) is 11.4. The van der Waals surface area contributed by atoms with E-state index in [2.05, 4.69) is 21.1 Å². The van der Waals surface area contributed by atoms with Crippen molar-refractivity contribution in [2.24, 2.45) is 10.2 Å². The number of nitro benzene ring substituents is 1. The molecule has 40 heavy (non-hydrogen) atoms. The summed E-state index contributed by atoms with van der Waals surface area (Å²) in [5.41, 5.74) is 8.07. The fraction of sp³-hybridized carbons (Fsp3) is 0.0667. The smallest absolute Gasteiger partial charge is 0.343 e. The normalized spacial score (nSPS) is 13.8. The molecule has 0 saturated carbocycles. The molecule has 0 radical (unpaired) electrons. The summed E-state index contributed by atoms with van der Waals surface area (Å²) in [4.78, 5) is 35.4. The molecule has 0 spiro atoms. The van der Waals surface area contributed by atoms with Gasteiger partial charge in [-0.15, -0.1) is 0 Å². The van der Waals surface area contributed by atoms with Gasteiger partial charge in [0, 0.05) is 18.6 Å². The van der Waals surface area contributed by atoms with Crippen LogP contribution < -0.4 is 15.6 Å². The average molecular weight is 534 g/mol. The van der Waals surface area contributed by atoms with Gasteiger partial charge >= 0.3 is 5.97 Å². The quantitative estimate of drug-likeness (QED) is 0.112. The van der Waals surface area contributed by atoms with Crippen molar-refractivity contribution in [1.82, 2.24) is 10.9 Å². The second-order valence-corrected chi connectivity index (χ2v) is 8.95. The summed E-state index contributed by atoms with van der Waals surface area (Å²) in [6.45, 7) is 0. The number of hydrazone groups is 2. The number of hydrogen-bond donors (Lipinski definition) is 2. The molecule has 10 nitrogen and oxygen atoms in total. The molecule has 0 bridgehead atoms. The summed E-state index contributed by atoms with van der Waals surface area (Å²) in [6.07, 6.45) is 1.81. The fourth-order valence-corrected chi connectivity index (χ4v) is 4.31. The van der Waals surface area contributed by atoms with Crippen LogP contribution in [-0.4, -0.2) is 28.7 Å². The maximum absolute atomic E-state index is 12.9. The Hall–Kier alpha value is -5.64. The van der Waals surface area contributed by atoms with Crippen molar-refractivity contribution < 1.29 is 19.2 Å². The molecule has 2 N–H and O–H groups in total. The first-order valence-electron chi connectivity index (χ1n) is 12.3. The van der Waals surface area contributed by atoms with Crippen LogP contribution in [0.1, 0.15) is 33.5 Å². The van der Waals surface area contributed by atoms with Crippen LogP contribution in [0.15, 0.2) is 119 Å². The van der Waals surface area contributed by atoms with Crippen molar-refractivity contribution in [3.63, 3.8) is 0 Å². The van der Waals surface area contributed by atoms with Gasteiger partial charge in [0.05, 0.1) is 16.7 Å². The number of benzene rings is 4. The van der Waals surface area contributed by atoms with Gasteiger partial charge < -0.3 is 4.74 Å². The molecular weight excluding hydrogens is 510 g/mol. The molecule has 0 atom stereocenters. The summed E-state index contributed by atoms with van der Waals surface area (Å²) < 4.78 is 5.31.